The number of aromatic nitrogens is 2. The van der Waals surface area contributed by atoms with E-state index in [-0.39, 0.29) is 17.9 Å². The molecule has 0 saturated heterocycles. The highest BCUT2D eigenvalue weighted by Gasteiger charge is 2.17. The molecule has 1 aliphatic heterocycles. The van der Waals surface area contributed by atoms with Crippen LogP contribution in [0.2, 0.25) is 0 Å². The van der Waals surface area contributed by atoms with Gasteiger partial charge in [-0.2, -0.15) is 8.78 Å². The van der Waals surface area contributed by atoms with E-state index in [4.69, 9.17) is 0 Å². The summed E-state index contributed by atoms with van der Waals surface area (Å²) in [4.78, 5) is 29.5. The molecule has 0 spiro atoms. The molecule has 1 aliphatic rings. The number of carbonyl (C=O) groups is 1. The largest absolute Gasteiger partial charge is 0.434 e. The second-order valence-electron chi connectivity index (χ2n) is 6.49. The van der Waals surface area contributed by atoms with Gasteiger partial charge in [0.25, 0.3) is 11.5 Å². The smallest absolute Gasteiger partial charge is 0.387 e. The molecular formula is C20H17F2N3O3. The summed E-state index contributed by atoms with van der Waals surface area (Å²) in [6, 6.07) is 11.0. The number of aryl methyl sites for hydroxylation is 1. The van der Waals surface area contributed by atoms with Crippen LogP contribution in [0, 0.1) is 0 Å². The average molecular weight is 385 g/mol. The molecule has 0 atom stereocenters. The van der Waals surface area contributed by atoms with Crippen molar-refractivity contribution in [2.75, 3.05) is 0 Å². The summed E-state index contributed by atoms with van der Waals surface area (Å²) in [6.07, 6.45) is 1.62. The third kappa shape index (κ3) is 3.45. The average Bonchev–Trinajstić information content (AvgIpc) is 3.15. The number of hydrogen-bond acceptors (Lipinski definition) is 4. The van der Waals surface area contributed by atoms with Crippen molar-refractivity contribution in [3.63, 3.8) is 0 Å². The minimum atomic E-state index is -2.94. The zero-order valence-electron chi connectivity index (χ0n) is 14.8. The lowest BCUT2D eigenvalue weighted by atomic mass is 10.1. The van der Waals surface area contributed by atoms with Crippen molar-refractivity contribution in [2.24, 2.45) is 0 Å². The van der Waals surface area contributed by atoms with Crippen molar-refractivity contribution in [2.45, 2.75) is 32.5 Å². The number of amides is 1. The summed E-state index contributed by atoms with van der Waals surface area (Å²) in [5, 5.41) is 3.16. The Bertz CT molecular complexity index is 1110. The van der Waals surface area contributed by atoms with Gasteiger partial charge in [0.15, 0.2) is 0 Å². The van der Waals surface area contributed by atoms with Gasteiger partial charge in [-0.3, -0.25) is 14.2 Å². The molecular weight excluding hydrogens is 368 g/mol. The highest BCUT2D eigenvalue weighted by molar-refractivity contribution is 5.97. The molecule has 2 aromatic carbocycles. The van der Waals surface area contributed by atoms with Crippen LogP contribution in [0.1, 0.15) is 28.2 Å². The van der Waals surface area contributed by atoms with Crippen LogP contribution in [0.15, 0.2) is 47.3 Å². The molecule has 144 valence electrons. The van der Waals surface area contributed by atoms with Crippen LogP contribution in [0.4, 0.5) is 8.78 Å². The van der Waals surface area contributed by atoms with E-state index in [1.54, 1.807) is 41.0 Å². The molecule has 1 amide bonds. The maximum absolute atomic E-state index is 12.5. The maximum atomic E-state index is 12.5. The number of fused-ring (bicyclic) bond motifs is 2. The Morgan fingerprint density at radius 3 is 2.89 bits per heavy atom. The number of alkyl halides is 2. The van der Waals surface area contributed by atoms with Crippen LogP contribution in [-0.2, 0) is 19.5 Å². The Balaban J connectivity index is 1.55. The van der Waals surface area contributed by atoms with Crippen LogP contribution >= 0.6 is 0 Å². The lowest BCUT2D eigenvalue weighted by Crippen LogP contribution is -2.24. The Kier molecular flexibility index (Phi) is 4.77. The number of carbonyl (C=O) groups excluding carboxylic acids is 1. The molecule has 0 bridgehead atoms. The van der Waals surface area contributed by atoms with Gasteiger partial charge in [-0.05, 0) is 30.7 Å². The number of halogens is 2. The molecule has 0 fully saturated rings. The summed E-state index contributed by atoms with van der Waals surface area (Å²) < 4.78 is 31.1. The van der Waals surface area contributed by atoms with Crippen LogP contribution in [0.25, 0.3) is 10.9 Å². The van der Waals surface area contributed by atoms with E-state index in [1.807, 2.05) is 0 Å². The maximum Gasteiger partial charge on any atom is 0.387 e. The van der Waals surface area contributed by atoms with E-state index >= 15 is 0 Å². The standard InChI is InChI=1S/C20H17F2N3O3/c21-20(22)28-16-5-2-1-4-13(16)11-23-18(26)12-7-8-14-15(10-12)24-17-6-3-9-25(17)19(14)27/h1-2,4-5,7-8,10,20H,3,6,9,11H2,(H,23,26). The normalized spacial score (nSPS) is 13.0. The highest BCUT2D eigenvalue weighted by Crippen LogP contribution is 2.20. The van der Waals surface area contributed by atoms with Crippen LogP contribution in [-0.4, -0.2) is 22.1 Å². The predicted molar refractivity (Wildman–Crippen MR) is 98.6 cm³/mol. The first-order valence-corrected chi connectivity index (χ1v) is 8.87. The highest BCUT2D eigenvalue weighted by atomic mass is 19.3. The van der Waals surface area contributed by atoms with Gasteiger partial charge in [-0.25, -0.2) is 4.98 Å². The zero-order chi connectivity index (χ0) is 19.7. The Labute approximate surface area is 158 Å². The summed E-state index contributed by atoms with van der Waals surface area (Å²) >= 11 is 0. The molecule has 4 rings (SSSR count). The quantitative estimate of drug-likeness (QED) is 0.733. The van der Waals surface area contributed by atoms with E-state index in [1.165, 1.54) is 6.07 Å². The fraction of sp³-hybridized carbons (Fsp3) is 0.250. The second kappa shape index (κ2) is 7.38. The van der Waals surface area contributed by atoms with Gasteiger partial charge in [0, 0.05) is 30.6 Å². The van der Waals surface area contributed by atoms with E-state index in [2.05, 4.69) is 15.0 Å². The summed E-state index contributed by atoms with van der Waals surface area (Å²) in [7, 11) is 0. The van der Waals surface area contributed by atoms with Crippen molar-refractivity contribution in [1.29, 1.82) is 0 Å². The molecule has 0 unspecified atom stereocenters. The monoisotopic (exact) mass is 385 g/mol. The minimum Gasteiger partial charge on any atom is -0.434 e. The number of nitrogens with one attached hydrogen (secondary N) is 1. The third-order valence-electron chi connectivity index (χ3n) is 4.71. The molecule has 2 heterocycles. The fourth-order valence-electron chi connectivity index (χ4n) is 3.36. The number of hydrogen-bond donors (Lipinski definition) is 1. The molecule has 1 N–H and O–H groups in total. The molecule has 0 aliphatic carbocycles. The summed E-state index contributed by atoms with van der Waals surface area (Å²) in [5.41, 5.74) is 1.16. The van der Waals surface area contributed by atoms with Gasteiger partial charge in [0.05, 0.1) is 10.9 Å². The second-order valence-corrected chi connectivity index (χ2v) is 6.49. The van der Waals surface area contributed by atoms with E-state index in [0.29, 0.717) is 28.6 Å². The fourth-order valence-corrected chi connectivity index (χ4v) is 3.36. The van der Waals surface area contributed by atoms with Gasteiger partial charge in [-0.1, -0.05) is 18.2 Å². The number of rotatable bonds is 5. The summed E-state index contributed by atoms with van der Waals surface area (Å²) in [6.45, 7) is -2.25. The molecule has 3 aromatic rings. The zero-order valence-corrected chi connectivity index (χ0v) is 14.8. The SMILES string of the molecule is O=C(NCc1ccccc1OC(F)F)c1ccc2c(=O)n3c(nc2c1)CCC3. The topological polar surface area (TPSA) is 73.2 Å². The Morgan fingerprint density at radius 2 is 2.07 bits per heavy atom. The Hall–Kier alpha value is -3.29. The van der Waals surface area contributed by atoms with Crippen molar-refractivity contribution in [3.8, 4) is 5.75 Å². The predicted octanol–water partition coefficient (Wildman–Crippen LogP) is 2.87. The molecule has 28 heavy (non-hydrogen) atoms. The van der Waals surface area contributed by atoms with Crippen LogP contribution in [0.3, 0.4) is 0 Å². The number of para-hydroxylation sites is 1. The first kappa shape index (κ1) is 18.1. The lowest BCUT2D eigenvalue weighted by molar-refractivity contribution is -0.0504. The van der Waals surface area contributed by atoms with Crippen molar-refractivity contribution in [1.82, 2.24) is 14.9 Å². The van der Waals surface area contributed by atoms with E-state index in [0.717, 1.165) is 18.7 Å². The van der Waals surface area contributed by atoms with Gasteiger partial charge in [0.1, 0.15) is 11.6 Å². The van der Waals surface area contributed by atoms with Gasteiger partial charge in [0.2, 0.25) is 0 Å². The number of benzene rings is 2. The number of nitrogens with zero attached hydrogens (tertiary/aromatic N) is 2. The number of ether oxygens (including phenoxy) is 1. The van der Waals surface area contributed by atoms with Gasteiger partial charge >= 0.3 is 6.61 Å². The van der Waals surface area contributed by atoms with Crippen LogP contribution in [0.5, 0.6) is 5.75 Å². The minimum absolute atomic E-state index is 0.0153. The van der Waals surface area contributed by atoms with Crippen molar-refractivity contribution < 1.29 is 18.3 Å². The molecule has 0 saturated carbocycles. The van der Waals surface area contributed by atoms with E-state index < -0.39 is 12.5 Å². The van der Waals surface area contributed by atoms with Gasteiger partial charge < -0.3 is 10.1 Å². The van der Waals surface area contributed by atoms with Crippen molar-refractivity contribution in [3.05, 3.63) is 69.8 Å². The first-order chi connectivity index (χ1) is 13.5. The first-order valence-electron chi connectivity index (χ1n) is 8.87. The van der Waals surface area contributed by atoms with Gasteiger partial charge in [-0.15, -0.1) is 0 Å². The van der Waals surface area contributed by atoms with Crippen molar-refractivity contribution >= 4 is 16.8 Å². The third-order valence-corrected chi connectivity index (χ3v) is 4.71. The lowest BCUT2D eigenvalue weighted by Gasteiger charge is -2.12. The Morgan fingerprint density at radius 1 is 1.25 bits per heavy atom. The molecule has 0 radical (unpaired) electrons. The summed E-state index contributed by atoms with van der Waals surface area (Å²) in [5.74, 6) is 0.353. The molecule has 6 nitrogen and oxygen atoms in total. The molecule has 1 aromatic heterocycles. The molecule has 8 heteroatoms. The van der Waals surface area contributed by atoms with Crippen LogP contribution < -0.4 is 15.6 Å². The van der Waals surface area contributed by atoms with E-state index in [9.17, 15) is 18.4 Å².